The van der Waals surface area contributed by atoms with Crippen LogP contribution in [0.25, 0.3) is 0 Å². The Hall–Kier alpha value is -1.82. The first-order valence-electron chi connectivity index (χ1n) is 6.43. The maximum Gasteiger partial charge on any atom is 0.149 e. The molecule has 1 aromatic carbocycles. The molecular weight excluding hydrogens is 274 g/mol. The van der Waals surface area contributed by atoms with Gasteiger partial charge in [0.25, 0.3) is 0 Å². The quantitative estimate of drug-likeness (QED) is 0.881. The predicted octanol–water partition coefficient (Wildman–Crippen LogP) is 1.78. The monoisotopic (exact) mass is 293 g/mol. The minimum Gasteiger partial charge on any atom is -0.381 e. The molecule has 20 heavy (non-hydrogen) atoms. The van der Waals surface area contributed by atoms with E-state index in [2.05, 4.69) is 10.4 Å². The van der Waals surface area contributed by atoms with E-state index in [9.17, 15) is 8.42 Å². The zero-order valence-corrected chi connectivity index (χ0v) is 12.5. The maximum absolute atomic E-state index is 11.3. The highest BCUT2D eigenvalue weighted by molar-refractivity contribution is 7.90. The zero-order chi connectivity index (χ0) is 14.6. The topological polar surface area (TPSA) is 64.0 Å². The largest absolute Gasteiger partial charge is 0.381 e. The molecule has 2 rings (SSSR count). The van der Waals surface area contributed by atoms with Gasteiger partial charge in [0, 0.05) is 30.4 Å². The molecule has 1 heterocycles. The molecule has 0 aliphatic heterocycles. The van der Waals surface area contributed by atoms with E-state index in [1.807, 2.05) is 48.1 Å². The third-order valence-electron chi connectivity index (χ3n) is 2.86. The molecular formula is C14H19N3O2S. The van der Waals surface area contributed by atoms with Gasteiger partial charge in [-0.25, -0.2) is 8.42 Å². The van der Waals surface area contributed by atoms with E-state index in [1.54, 1.807) is 6.20 Å². The summed E-state index contributed by atoms with van der Waals surface area (Å²) < 4.78 is 24.5. The second-order valence-corrected chi connectivity index (χ2v) is 7.18. The Morgan fingerprint density at radius 3 is 2.70 bits per heavy atom. The molecule has 2 aromatic rings. The Bertz CT molecular complexity index is 651. The number of benzene rings is 1. The zero-order valence-electron chi connectivity index (χ0n) is 11.7. The first-order chi connectivity index (χ1) is 9.44. The molecule has 1 aromatic heterocycles. The van der Waals surface area contributed by atoms with Crippen LogP contribution in [0.1, 0.15) is 12.5 Å². The van der Waals surface area contributed by atoms with Crippen LogP contribution in [0, 0.1) is 0 Å². The van der Waals surface area contributed by atoms with Crippen LogP contribution < -0.4 is 5.32 Å². The van der Waals surface area contributed by atoms with Crippen molar-refractivity contribution in [3.63, 3.8) is 0 Å². The minimum atomic E-state index is -2.99. The van der Waals surface area contributed by atoms with Gasteiger partial charge in [0.1, 0.15) is 9.84 Å². The average Bonchev–Trinajstić information content (AvgIpc) is 2.82. The lowest BCUT2D eigenvalue weighted by molar-refractivity contribution is 0.598. The molecule has 0 aliphatic carbocycles. The van der Waals surface area contributed by atoms with Gasteiger partial charge in [-0.1, -0.05) is 18.2 Å². The van der Waals surface area contributed by atoms with Gasteiger partial charge in [-0.2, -0.15) is 5.10 Å². The van der Waals surface area contributed by atoms with Gasteiger partial charge in [0.2, 0.25) is 0 Å². The fourth-order valence-corrected chi connectivity index (χ4v) is 3.12. The highest BCUT2D eigenvalue weighted by atomic mass is 32.2. The van der Waals surface area contributed by atoms with Crippen molar-refractivity contribution in [1.82, 2.24) is 9.78 Å². The lowest BCUT2D eigenvalue weighted by atomic mass is 10.1. The van der Waals surface area contributed by atoms with Crippen LogP contribution in [0.5, 0.6) is 0 Å². The number of anilines is 1. The summed E-state index contributed by atoms with van der Waals surface area (Å²) in [6, 6.07) is 9.61. The van der Waals surface area contributed by atoms with Crippen molar-refractivity contribution in [3.8, 4) is 0 Å². The van der Waals surface area contributed by atoms with E-state index in [0.29, 0.717) is 6.54 Å². The molecule has 0 amide bonds. The van der Waals surface area contributed by atoms with E-state index in [-0.39, 0.29) is 11.8 Å². The maximum atomic E-state index is 11.3. The highest BCUT2D eigenvalue weighted by Crippen LogP contribution is 2.17. The van der Waals surface area contributed by atoms with Crippen LogP contribution in [0.3, 0.4) is 0 Å². The van der Waals surface area contributed by atoms with E-state index < -0.39 is 9.84 Å². The number of rotatable bonds is 6. The number of para-hydroxylation sites is 1. The van der Waals surface area contributed by atoms with Crippen LogP contribution in [-0.2, 0) is 16.4 Å². The molecule has 0 bridgehead atoms. The highest BCUT2D eigenvalue weighted by Gasteiger charge is 2.12. The average molecular weight is 293 g/mol. The molecule has 1 N–H and O–H groups in total. The molecule has 6 heteroatoms. The lowest BCUT2D eigenvalue weighted by Crippen LogP contribution is -2.25. The summed E-state index contributed by atoms with van der Waals surface area (Å²) in [5.41, 5.74) is 2.02. The Morgan fingerprint density at radius 1 is 1.30 bits per heavy atom. The molecule has 1 unspecified atom stereocenters. The summed E-state index contributed by atoms with van der Waals surface area (Å²) in [5, 5.41) is 7.44. The van der Waals surface area contributed by atoms with E-state index in [0.717, 1.165) is 11.3 Å². The number of hydrogen-bond acceptors (Lipinski definition) is 4. The van der Waals surface area contributed by atoms with Gasteiger partial charge in [-0.15, -0.1) is 0 Å². The summed E-state index contributed by atoms with van der Waals surface area (Å²) >= 11 is 0. The molecule has 0 saturated heterocycles. The Labute approximate surface area is 119 Å². The van der Waals surface area contributed by atoms with Crippen molar-refractivity contribution >= 4 is 15.5 Å². The van der Waals surface area contributed by atoms with E-state index >= 15 is 0 Å². The predicted molar refractivity (Wildman–Crippen MR) is 80.6 cm³/mol. The van der Waals surface area contributed by atoms with Crippen molar-refractivity contribution in [3.05, 3.63) is 48.3 Å². The number of nitrogens with zero attached hydrogens (tertiary/aromatic N) is 2. The molecule has 108 valence electrons. The van der Waals surface area contributed by atoms with Crippen LogP contribution in [0.4, 0.5) is 5.69 Å². The fourth-order valence-electron chi connectivity index (χ4n) is 2.13. The van der Waals surface area contributed by atoms with Crippen LogP contribution in [-0.4, -0.2) is 36.2 Å². The number of sulfone groups is 1. The summed E-state index contributed by atoms with van der Waals surface area (Å²) in [4.78, 5) is 0. The SMILES string of the molecule is CC(CS(C)(=O)=O)Nc1ccccc1Cn1cccn1. The minimum absolute atomic E-state index is 0.114. The lowest BCUT2D eigenvalue weighted by Gasteiger charge is -2.17. The Morgan fingerprint density at radius 2 is 2.05 bits per heavy atom. The Balaban J connectivity index is 2.11. The van der Waals surface area contributed by atoms with E-state index in [4.69, 9.17) is 0 Å². The second-order valence-electron chi connectivity index (χ2n) is 5.00. The van der Waals surface area contributed by atoms with Gasteiger partial charge >= 0.3 is 0 Å². The van der Waals surface area contributed by atoms with Gasteiger partial charge in [-0.3, -0.25) is 4.68 Å². The molecule has 0 radical (unpaired) electrons. The fraction of sp³-hybridized carbons (Fsp3) is 0.357. The van der Waals surface area contributed by atoms with Gasteiger partial charge < -0.3 is 5.32 Å². The number of hydrogen-bond donors (Lipinski definition) is 1. The molecule has 0 spiro atoms. The summed E-state index contributed by atoms with van der Waals surface area (Å²) in [5.74, 6) is 0.114. The van der Waals surface area contributed by atoms with Gasteiger partial charge in [0.15, 0.2) is 0 Å². The van der Waals surface area contributed by atoms with Crippen molar-refractivity contribution in [1.29, 1.82) is 0 Å². The number of nitrogens with one attached hydrogen (secondary N) is 1. The normalized spacial score (nSPS) is 13.1. The summed E-state index contributed by atoms with van der Waals surface area (Å²) in [6.45, 7) is 2.52. The molecule has 0 fully saturated rings. The van der Waals surface area contributed by atoms with Crippen molar-refractivity contribution < 1.29 is 8.42 Å². The molecule has 5 nitrogen and oxygen atoms in total. The standard InChI is InChI=1S/C14H19N3O2S/c1-12(11-20(2,18)19)16-14-7-4-3-6-13(14)10-17-9-5-8-15-17/h3-9,12,16H,10-11H2,1-2H3. The van der Waals surface area contributed by atoms with Crippen molar-refractivity contribution in [2.45, 2.75) is 19.5 Å². The molecule has 0 saturated carbocycles. The van der Waals surface area contributed by atoms with Gasteiger partial charge in [-0.05, 0) is 24.6 Å². The smallest absolute Gasteiger partial charge is 0.149 e. The third kappa shape index (κ3) is 4.38. The first kappa shape index (κ1) is 14.6. The third-order valence-corrected chi connectivity index (χ3v) is 3.97. The number of aromatic nitrogens is 2. The summed E-state index contributed by atoms with van der Waals surface area (Å²) in [6.07, 6.45) is 4.89. The first-order valence-corrected chi connectivity index (χ1v) is 8.50. The summed E-state index contributed by atoms with van der Waals surface area (Å²) in [7, 11) is -2.99. The van der Waals surface area contributed by atoms with Crippen LogP contribution in [0.2, 0.25) is 0 Å². The Kier molecular flexibility index (Phi) is 4.44. The van der Waals surface area contributed by atoms with Crippen molar-refractivity contribution in [2.75, 3.05) is 17.3 Å². The molecule has 1 atom stereocenters. The molecule has 0 aliphatic rings. The van der Waals surface area contributed by atoms with Gasteiger partial charge in [0.05, 0.1) is 12.3 Å². The van der Waals surface area contributed by atoms with Crippen LogP contribution in [0.15, 0.2) is 42.7 Å². The van der Waals surface area contributed by atoms with Crippen molar-refractivity contribution in [2.24, 2.45) is 0 Å². The van der Waals surface area contributed by atoms with E-state index in [1.165, 1.54) is 6.26 Å². The van der Waals surface area contributed by atoms with Crippen LogP contribution >= 0.6 is 0 Å². The second kappa shape index (κ2) is 6.09.